The van der Waals surface area contributed by atoms with Crippen LogP contribution >= 0.6 is 12.2 Å². The maximum Gasteiger partial charge on any atom is 0.255 e. The second-order valence-electron chi connectivity index (χ2n) is 8.55. The highest BCUT2D eigenvalue weighted by Crippen LogP contribution is 2.53. The van der Waals surface area contributed by atoms with Crippen molar-refractivity contribution in [1.82, 2.24) is 15.2 Å². The molecule has 4 bridgehead atoms. The van der Waals surface area contributed by atoms with E-state index >= 15 is 0 Å². The fourth-order valence-electron chi connectivity index (χ4n) is 5.91. The van der Waals surface area contributed by atoms with Crippen LogP contribution in [-0.2, 0) is 4.74 Å². The quantitative estimate of drug-likeness (QED) is 0.821. The van der Waals surface area contributed by atoms with Crippen molar-refractivity contribution < 1.29 is 9.53 Å². The Kier molecular flexibility index (Phi) is 4.05. The van der Waals surface area contributed by atoms with E-state index in [0.717, 1.165) is 17.5 Å². The number of aryl methyl sites for hydroxylation is 1. The zero-order valence-corrected chi connectivity index (χ0v) is 16.0. The Labute approximate surface area is 159 Å². The van der Waals surface area contributed by atoms with Crippen molar-refractivity contribution in [2.24, 2.45) is 23.7 Å². The minimum atomic E-state index is 0.0189. The van der Waals surface area contributed by atoms with Crippen molar-refractivity contribution in [3.05, 3.63) is 17.5 Å². The van der Waals surface area contributed by atoms with Crippen molar-refractivity contribution in [1.29, 1.82) is 0 Å². The number of rotatable bonds is 3. The van der Waals surface area contributed by atoms with Crippen LogP contribution in [0, 0.1) is 30.6 Å². The van der Waals surface area contributed by atoms with E-state index in [1.165, 1.54) is 32.1 Å². The number of aromatic nitrogens is 2. The molecular formula is C19H26N4O2S. The Morgan fingerprint density at radius 2 is 1.92 bits per heavy atom. The van der Waals surface area contributed by atoms with Crippen LogP contribution in [0.1, 0.15) is 48.2 Å². The molecule has 0 spiro atoms. The first-order valence-electron chi connectivity index (χ1n) is 9.84. The lowest BCUT2D eigenvalue weighted by Crippen LogP contribution is -2.55. The van der Waals surface area contributed by atoms with E-state index in [1.54, 1.807) is 4.79 Å². The molecule has 0 unspecified atom stereocenters. The van der Waals surface area contributed by atoms with E-state index < -0.39 is 0 Å². The van der Waals surface area contributed by atoms with Gasteiger partial charge in [-0.3, -0.25) is 9.80 Å². The molecule has 0 radical (unpaired) electrons. The molecule has 1 saturated heterocycles. The average Bonchev–Trinajstić information content (AvgIpc) is 2.99. The molecule has 0 aromatic carbocycles. The normalized spacial score (nSPS) is 35.8. The average molecular weight is 375 g/mol. The van der Waals surface area contributed by atoms with Gasteiger partial charge < -0.3 is 10.1 Å². The summed E-state index contributed by atoms with van der Waals surface area (Å²) in [6.07, 6.45) is 8.46. The van der Waals surface area contributed by atoms with E-state index in [-0.39, 0.29) is 5.91 Å². The first kappa shape index (κ1) is 16.7. The zero-order chi connectivity index (χ0) is 17.8. The number of hydrogen-bond acceptors (Lipinski definition) is 4. The molecule has 1 aliphatic heterocycles. The summed E-state index contributed by atoms with van der Waals surface area (Å²) in [5, 5.41) is 9.82. The summed E-state index contributed by atoms with van der Waals surface area (Å²) < 4.78 is 5.37. The molecule has 1 N–H and O–H groups in total. The number of carbonyl (C=O) groups is 1. The molecule has 1 amide bonds. The molecule has 26 heavy (non-hydrogen) atoms. The van der Waals surface area contributed by atoms with E-state index in [1.807, 2.05) is 18.1 Å². The summed E-state index contributed by atoms with van der Waals surface area (Å²) in [6.45, 7) is 3.61. The first-order valence-corrected chi connectivity index (χ1v) is 10.2. The largest absolute Gasteiger partial charge is 0.372 e. The van der Waals surface area contributed by atoms with Crippen LogP contribution < -0.4 is 10.3 Å². The third-order valence-corrected chi connectivity index (χ3v) is 7.19. The highest BCUT2D eigenvalue weighted by atomic mass is 32.1. The molecule has 5 aliphatic rings. The molecule has 4 saturated carbocycles. The van der Waals surface area contributed by atoms with Gasteiger partial charge in [-0.05, 0) is 62.7 Å². The second-order valence-corrected chi connectivity index (χ2v) is 9.02. The number of thiocarbonyl (C=S) groups is 1. The van der Waals surface area contributed by atoms with Gasteiger partial charge in [-0.25, -0.2) is 0 Å². The van der Waals surface area contributed by atoms with E-state index in [9.17, 15) is 4.79 Å². The number of ether oxygens (including phenoxy) is 1. The van der Waals surface area contributed by atoms with Gasteiger partial charge in [-0.15, -0.1) is 0 Å². The summed E-state index contributed by atoms with van der Waals surface area (Å²) in [4.78, 5) is 15.4. The number of carbonyl (C=O) groups excluding carboxylic acids is 1. The Bertz CT molecular complexity index is 718. The van der Waals surface area contributed by atoms with Gasteiger partial charge in [0.15, 0.2) is 0 Å². The van der Waals surface area contributed by atoms with Gasteiger partial charge in [0.25, 0.3) is 5.91 Å². The van der Waals surface area contributed by atoms with Gasteiger partial charge in [0.2, 0.25) is 0 Å². The molecular weight excluding hydrogens is 348 g/mol. The molecule has 6 nitrogen and oxygen atoms in total. The highest BCUT2D eigenvalue weighted by Gasteiger charge is 2.48. The molecule has 6 rings (SSSR count). The van der Waals surface area contributed by atoms with Crippen LogP contribution in [-0.4, -0.2) is 46.6 Å². The minimum Gasteiger partial charge on any atom is -0.372 e. The summed E-state index contributed by atoms with van der Waals surface area (Å²) in [7, 11) is 0. The van der Waals surface area contributed by atoms with E-state index in [0.29, 0.717) is 48.2 Å². The van der Waals surface area contributed by atoms with Crippen molar-refractivity contribution in [3.8, 4) is 0 Å². The van der Waals surface area contributed by atoms with Gasteiger partial charge in [0, 0.05) is 6.04 Å². The van der Waals surface area contributed by atoms with Crippen LogP contribution in [0.25, 0.3) is 0 Å². The minimum absolute atomic E-state index is 0.0189. The van der Waals surface area contributed by atoms with E-state index in [4.69, 9.17) is 17.0 Å². The third kappa shape index (κ3) is 2.76. The van der Waals surface area contributed by atoms with Crippen molar-refractivity contribution in [2.75, 3.05) is 24.8 Å². The molecule has 7 heteroatoms. The topological polar surface area (TPSA) is 59.4 Å². The maximum absolute atomic E-state index is 13.0. The number of morpholine rings is 1. The zero-order valence-electron chi connectivity index (χ0n) is 15.2. The Morgan fingerprint density at radius 3 is 2.58 bits per heavy atom. The van der Waals surface area contributed by atoms with Crippen LogP contribution in [0.2, 0.25) is 0 Å². The summed E-state index contributed by atoms with van der Waals surface area (Å²) in [5.74, 6) is 3.20. The number of nitrogens with zero attached hydrogens (tertiary/aromatic N) is 3. The van der Waals surface area contributed by atoms with Gasteiger partial charge in [0.05, 0.1) is 37.2 Å². The predicted octanol–water partition coefficient (Wildman–Crippen LogP) is 2.04. The molecule has 1 aromatic heterocycles. The lowest BCUT2D eigenvalue weighted by Gasteiger charge is -2.54. The molecule has 0 atom stereocenters. The monoisotopic (exact) mass is 374 g/mol. The van der Waals surface area contributed by atoms with Crippen LogP contribution in [0.5, 0.6) is 0 Å². The molecule has 4 aliphatic carbocycles. The smallest absolute Gasteiger partial charge is 0.255 e. The fraction of sp³-hybridized carbons (Fsp3) is 0.737. The Hall–Kier alpha value is -1.47. The standard InChI is InChI=1S/C19H26N4O2S/c1-11-16(9-23(21-11)22-2-3-25-10-17(22)26)19(24)20-18-14-5-12-4-13(7-14)8-15(18)6-12/h9,12-15,18H,2-8,10H2,1H3,(H,20,24). The number of nitrogens with one attached hydrogen (secondary N) is 1. The summed E-state index contributed by atoms with van der Waals surface area (Å²) in [5.41, 5.74) is 1.41. The van der Waals surface area contributed by atoms with Gasteiger partial charge in [0.1, 0.15) is 4.99 Å². The van der Waals surface area contributed by atoms with Crippen LogP contribution in [0.15, 0.2) is 6.20 Å². The Morgan fingerprint density at radius 1 is 1.23 bits per heavy atom. The third-order valence-electron chi connectivity index (χ3n) is 6.86. The number of amides is 1. The predicted molar refractivity (Wildman–Crippen MR) is 102 cm³/mol. The second kappa shape index (κ2) is 6.30. The van der Waals surface area contributed by atoms with Gasteiger partial charge >= 0.3 is 0 Å². The molecule has 140 valence electrons. The first-order chi connectivity index (χ1) is 12.6. The van der Waals surface area contributed by atoms with Crippen molar-refractivity contribution in [2.45, 2.75) is 45.1 Å². The summed E-state index contributed by atoms with van der Waals surface area (Å²) >= 11 is 5.37. The highest BCUT2D eigenvalue weighted by molar-refractivity contribution is 7.80. The van der Waals surface area contributed by atoms with E-state index in [2.05, 4.69) is 10.4 Å². The van der Waals surface area contributed by atoms with Gasteiger partial charge in [-0.2, -0.15) is 9.89 Å². The van der Waals surface area contributed by atoms with Crippen LogP contribution in [0.4, 0.5) is 0 Å². The molecule has 1 aromatic rings. The van der Waals surface area contributed by atoms with Gasteiger partial charge in [-0.1, -0.05) is 12.2 Å². The van der Waals surface area contributed by atoms with Crippen molar-refractivity contribution in [3.63, 3.8) is 0 Å². The molecule has 2 heterocycles. The molecule has 5 fully saturated rings. The SMILES string of the molecule is Cc1nn(N2CCOCC2=S)cc1C(=O)NC1C2CC3CC(C2)CC1C3. The lowest BCUT2D eigenvalue weighted by atomic mass is 9.54. The van der Waals surface area contributed by atoms with Crippen LogP contribution in [0.3, 0.4) is 0 Å². The lowest BCUT2D eigenvalue weighted by molar-refractivity contribution is -0.0119. The van der Waals surface area contributed by atoms with Crippen molar-refractivity contribution >= 4 is 23.1 Å². The summed E-state index contributed by atoms with van der Waals surface area (Å²) in [6, 6.07) is 0.350. The fourth-order valence-corrected chi connectivity index (χ4v) is 6.17. The Balaban J connectivity index is 1.32. The maximum atomic E-state index is 13.0. The number of hydrogen-bond donors (Lipinski definition) is 1.